The Morgan fingerprint density at radius 3 is 2.44 bits per heavy atom. The standard InChI is InChI=1S/C24H28Br2N2O3.ClH/c1-28-16-5-8-21(28)22(18(13-16)15-3-6-17(30-2)7-4-15)24(29)31-10-9-14-11-19(25)23(27)20(26)12-14;/h3-4,6-7,11-12,16,18,21-22H,5,8-10,13,27H2,1-2H3;1H/t16-,18-,21-,22+;/m1./s1. The molecule has 4 rings (SSSR count). The molecule has 0 aromatic heterocycles. The molecule has 0 radical (unpaired) electrons. The van der Waals surface area contributed by atoms with E-state index < -0.39 is 0 Å². The number of piperidine rings is 1. The van der Waals surface area contributed by atoms with E-state index in [1.54, 1.807) is 7.11 Å². The smallest absolute Gasteiger partial charge is 0.311 e. The highest BCUT2D eigenvalue weighted by atomic mass is 79.9. The van der Waals surface area contributed by atoms with Crippen LogP contribution in [0.15, 0.2) is 45.3 Å². The number of hydrogen-bond donors (Lipinski definition) is 1. The maximum Gasteiger partial charge on any atom is 0.311 e. The van der Waals surface area contributed by atoms with Crippen LogP contribution in [0.3, 0.4) is 0 Å². The Bertz CT molecular complexity index is 934. The van der Waals surface area contributed by atoms with Crippen LogP contribution in [0.25, 0.3) is 0 Å². The van der Waals surface area contributed by atoms with E-state index in [-0.39, 0.29) is 36.3 Å². The number of nitrogens with two attached hydrogens (primary N) is 1. The summed E-state index contributed by atoms with van der Waals surface area (Å²) >= 11 is 6.95. The molecule has 4 atom stereocenters. The van der Waals surface area contributed by atoms with Crippen molar-refractivity contribution in [3.63, 3.8) is 0 Å². The van der Waals surface area contributed by atoms with Crippen molar-refractivity contribution in [3.05, 3.63) is 56.5 Å². The molecule has 5 nitrogen and oxygen atoms in total. The molecule has 32 heavy (non-hydrogen) atoms. The molecule has 2 aromatic rings. The lowest BCUT2D eigenvalue weighted by Gasteiger charge is -2.42. The maximum atomic E-state index is 13.3. The van der Waals surface area contributed by atoms with Gasteiger partial charge in [0, 0.05) is 33.4 Å². The van der Waals surface area contributed by atoms with Gasteiger partial charge in [-0.2, -0.15) is 0 Å². The van der Waals surface area contributed by atoms with Gasteiger partial charge in [0.2, 0.25) is 0 Å². The van der Waals surface area contributed by atoms with Gasteiger partial charge in [0.25, 0.3) is 0 Å². The summed E-state index contributed by atoms with van der Waals surface area (Å²) in [4.78, 5) is 15.7. The fourth-order valence-electron chi connectivity index (χ4n) is 5.13. The average Bonchev–Trinajstić information content (AvgIpc) is 2.99. The fraction of sp³-hybridized carbons (Fsp3) is 0.458. The Hall–Kier alpha value is -1.28. The summed E-state index contributed by atoms with van der Waals surface area (Å²) < 4.78 is 12.8. The number of carbonyl (C=O) groups is 1. The van der Waals surface area contributed by atoms with Gasteiger partial charge in [-0.15, -0.1) is 12.4 Å². The second kappa shape index (κ2) is 10.8. The van der Waals surface area contributed by atoms with E-state index in [1.165, 1.54) is 5.56 Å². The van der Waals surface area contributed by atoms with Crippen molar-refractivity contribution >= 4 is 55.9 Å². The van der Waals surface area contributed by atoms with E-state index in [9.17, 15) is 4.79 Å². The zero-order valence-corrected chi connectivity index (χ0v) is 22.2. The van der Waals surface area contributed by atoms with Gasteiger partial charge >= 0.3 is 5.97 Å². The monoisotopic (exact) mass is 586 g/mol. The van der Waals surface area contributed by atoms with Crippen LogP contribution < -0.4 is 10.5 Å². The number of anilines is 1. The van der Waals surface area contributed by atoms with Crippen molar-refractivity contribution < 1.29 is 14.3 Å². The Kier molecular flexibility index (Phi) is 8.53. The number of nitrogen functional groups attached to an aromatic ring is 1. The lowest BCUT2D eigenvalue weighted by molar-refractivity contribution is -0.153. The number of ether oxygens (including phenoxy) is 2. The summed E-state index contributed by atoms with van der Waals surface area (Å²) in [5.41, 5.74) is 8.90. The van der Waals surface area contributed by atoms with Gasteiger partial charge in [-0.1, -0.05) is 12.1 Å². The van der Waals surface area contributed by atoms with Crippen molar-refractivity contribution in [2.75, 3.05) is 26.5 Å². The summed E-state index contributed by atoms with van der Waals surface area (Å²) in [6.07, 6.45) is 3.82. The number of rotatable bonds is 6. The van der Waals surface area contributed by atoms with E-state index in [0.717, 1.165) is 39.5 Å². The van der Waals surface area contributed by atoms with Crippen molar-refractivity contribution in [1.29, 1.82) is 0 Å². The molecule has 8 heteroatoms. The Morgan fingerprint density at radius 1 is 1.16 bits per heavy atom. The third-order valence-corrected chi connectivity index (χ3v) is 8.17. The second-order valence-corrected chi connectivity index (χ2v) is 10.2. The summed E-state index contributed by atoms with van der Waals surface area (Å²) in [5, 5.41) is 0. The molecule has 174 valence electrons. The van der Waals surface area contributed by atoms with Crippen molar-refractivity contribution in [2.45, 2.75) is 43.7 Å². The first-order chi connectivity index (χ1) is 14.9. The third-order valence-electron chi connectivity index (χ3n) is 6.86. The molecule has 0 saturated carbocycles. The van der Waals surface area contributed by atoms with Gasteiger partial charge < -0.3 is 15.2 Å². The zero-order valence-electron chi connectivity index (χ0n) is 18.2. The maximum absolute atomic E-state index is 13.3. The molecule has 2 N–H and O–H groups in total. The molecule has 2 bridgehead atoms. The van der Waals surface area contributed by atoms with E-state index in [4.69, 9.17) is 15.2 Å². The first kappa shape index (κ1) is 25.3. The van der Waals surface area contributed by atoms with E-state index in [2.05, 4.69) is 55.9 Å². The number of nitrogens with zero attached hydrogens (tertiary/aromatic N) is 1. The molecular weight excluding hydrogens is 560 g/mol. The molecule has 2 aliphatic heterocycles. The molecule has 2 aliphatic rings. The van der Waals surface area contributed by atoms with Crippen LogP contribution in [0.1, 0.15) is 36.3 Å². The second-order valence-electron chi connectivity index (χ2n) is 8.50. The minimum atomic E-state index is -0.151. The number of halogens is 3. The molecular formula is C24H29Br2ClN2O3. The molecule has 2 aromatic carbocycles. The van der Waals surface area contributed by atoms with Crippen LogP contribution >= 0.6 is 44.3 Å². The topological polar surface area (TPSA) is 64.8 Å². The highest BCUT2D eigenvalue weighted by Gasteiger charge is 2.49. The van der Waals surface area contributed by atoms with Crippen LogP contribution in [0, 0.1) is 5.92 Å². The van der Waals surface area contributed by atoms with Gasteiger partial charge in [0.05, 0.1) is 25.3 Å². The molecule has 0 amide bonds. The first-order valence-corrected chi connectivity index (χ1v) is 12.2. The molecule has 2 saturated heterocycles. The van der Waals surface area contributed by atoms with Gasteiger partial charge in [-0.25, -0.2) is 0 Å². The summed E-state index contributed by atoms with van der Waals surface area (Å²) in [6, 6.07) is 12.9. The summed E-state index contributed by atoms with van der Waals surface area (Å²) in [7, 11) is 3.82. The summed E-state index contributed by atoms with van der Waals surface area (Å²) in [6.45, 7) is 0.354. The lowest BCUT2D eigenvalue weighted by atomic mass is 9.76. The van der Waals surface area contributed by atoms with Crippen LogP contribution in [0.5, 0.6) is 5.75 Å². The number of benzene rings is 2. The van der Waals surface area contributed by atoms with Crippen molar-refractivity contribution in [3.8, 4) is 5.75 Å². The quantitative estimate of drug-likeness (QED) is 0.353. The lowest BCUT2D eigenvalue weighted by Crippen LogP contribution is -2.49. The SMILES string of the molecule is COc1ccc([C@H]2C[C@H]3CC[C@H]([C@H]2C(=O)OCCc2cc(Br)c(N)c(Br)c2)N3C)cc1.Cl. The highest BCUT2D eigenvalue weighted by Crippen LogP contribution is 2.46. The average molecular weight is 589 g/mol. The van der Waals surface area contributed by atoms with E-state index in [1.807, 2.05) is 24.3 Å². The predicted molar refractivity (Wildman–Crippen MR) is 137 cm³/mol. The normalized spacial score (nSPS) is 24.6. The van der Waals surface area contributed by atoms with Gasteiger partial charge in [-0.05, 0) is 93.6 Å². The molecule has 0 unspecified atom stereocenters. The summed E-state index contributed by atoms with van der Waals surface area (Å²) in [5.74, 6) is 0.764. The fourth-order valence-corrected chi connectivity index (χ4v) is 6.41. The van der Waals surface area contributed by atoms with Crippen LogP contribution in [0.2, 0.25) is 0 Å². The van der Waals surface area contributed by atoms with Crippen molar-refractivity contribution in [2.24, 2.45) is 5.92 Å². The first-order valence-electron chi connectivity index (χ1n) is 10.6. The molecule has 0 aliphatic carbocycles. The zero-order chi connectivity index (χ0) is 22.1. The third kappa shape index (κ3) is 5.11. The molecule has 2 heterocycles. The highest BCUT2D eigenvalue weighted by molar-refractivity contribution is 9.11. The minimum Gasteiger partial charge on any atom is -0.497 e. The Labute approximate surface area is 212 Å². The number of carbonyl (C=O) groups excluding carboxylic acids is 1. The Balaban J connectivity index is 0.00000289. The number of hydrogen-bond acceptors (Lipinski definition) is 5. The van der Waals surface area contributed by atoms with Crippen LogP contribution in [-0.2, 0) is 16.0 Å². The number of methoxy groups -OCH3 is 1. The van der Waals surface area contributed by atoms with E-state index in [0.29, 0.717) is 24.8 Å². The number of fused-ring (bicyclic) bond motifs is 2. The predicted octanol–water partition coefficient (Wildman–Crippen LogP) is 5.58. The van der Waals surface area contributed by atoms with Crippen molar-refractivity contribution in [1.82, 2.24) is 4.90 Å². The van der Waals surface area contributed by atoms with Crippen LogP contribution in [-0.4, -0.2) is 43.7 Å². The largest absolute Gasteiger partial charge is 0.497 e. The minimum absolute atomic E-state index is 0. The number of esters is 1. The van der Waals surface area contributed by atoms with E-state index >= 15 is 0 Å². The van der Waals surface area contributed by atoms with Gasteiger partial charge in [0.15, 0.2) is 0 Å². The Morgan fingerprint density at radius 2 is 1.81 bits per heavy atom. The van der Waals surface area contributed by atoms with Crippen LogP contribution in [0.4, 0.5) is 5.69 Å². The molecule has 0 spiro atoms. The molecule has 2 fully saturated rings. The van der Waals surface area contributed by atoms with Gasteiger partial charge in [0.1, 0.15) is 5.75 Å². The van der Waals surface area contributed by atoms with Gasteiger partial charge in [-0.3, -0.25) is 9.69 Å².